The molecular formula is C12H10Cl2F2N2O. The zero-order valence-corrected chi connectivity index (χ0v) is 11.2. The third-order valence-electron chi connectivity index (χ3n) is 2.68. The van der Waals surface area contributed by atoms with Crippen molar-refractivity contribution in [2.24, 2.45) is 0 Å². The van der Waals surface area contributed by atoms with Crippen molar-refractivity contribution in [2.75, 3.05) is 18.4 Å². The summed E-state index contributed by atoms with van der Waals surface area (Å²) in [5, 5.41) is 3.42. The van der Waals surface area contributed by atoms with Gasteiger partial charge in [-0.15, -0.1) is 0 Å². The van der Waals surface area contributed by atoms with Gasteiger partial charge >= 0.3 is 6.03 Å². The maximum atomic E-state index is 13.0. The summed E-state index contributed by atoms with van der Waals surface area (Å²) in [7, 11) is 0. The highest BCUT2D eigenvalue weighted by Crippen LogP contribution is 2.24. The van der Waals surface area contributed by atoms with Gasteiger partial charge in [0, 0.05) is 29.8 Å². The fourth-order valence-corrected chi connectivity index (χ4v) is 2.03. The predicted octanol–water partition coefficient (Wildman–Crippen LogP) is 3.89. The smallest absolute Gasteiger partial charge is 0.319 e. The second-order valence-electron chi connectivity index (χ2n) is 4.04. The molecule has 0 bridgehead atoms. The van der Waals surface area contributed by atoms with Crippen LogP contribution in [0.1, 0.15) is 6.42 Å². The maximum absolute atomic E-state index is 13.0. The van der Waals surface area contributed by atoms with Crippen LogP contribution < -0.4 is 5.32 Å². The first kappa shape index (κ1) is 14.1. The fraction of sp³-hybridized carbons (Fsp3) is 0.250. The molecule has 0 saturated carbocycles. The molecule has 2 rings (SSSR count). The Morgan fingerprint density at radius 1 is 1.21 bits per heavy atom. The van der Waals surface area contributed by atoms with Crippen LogP contribution in [-0.4, -0.2) is 24.0 Å². The number of rotatable bonds is 1. The summed E-state index contributed by atoms with van der Waals surface area (Å²) in [5.74, 6) is -1.98. The Labute approximate surface area is 118 Å². The van der Waals surface area contributed by atoms with E-state index >= 15 is 0 Å². The van der Waals surface area contributed by atoms with Gasteiger partial charge in [-0.2, -0.15) is 0 Å². The second-order valence-corrected chi connectivity index (χ2v) is 4.95. The lowest BCUT2D eigenvalue weighted by Crippen LogP contribution is -2.38. The number of nitrogens with zero attached hydrogens (tertiary/aromatic N) is 1. The molecule has 3 nitrogen and oxygen atoms in total. The van der Waals surface area contributed by atoms with E-state index in [1.807, 2.05) is 0 Å². The minimum atomic E-state index is -1.02. The van der Waals surface area contributed by atoms with E-state index < -0.39 is 17.7 Å². The van der Waals surface area contributed by atoms with E-state index in [0.29, 0.717) is 23.0 Å². The Balaban J connectivity index is 2.03. The molecule has 1 heterocycles. The Hall–Kier alpha value is -1.33. The number of carbonyl (C=O) groups is 1. The van der Waals surface area contributed by atoms with Crippen molar-refractivity contribution in [3.05, 3.63) is 39.9 Å². The largest absolute Gasteiger partial charge is 0.322 e. The van der Waals surface area contributed by atoms with E-state index in [1.54, 1.807) is 0 Å². The van der Waals surface area contributed by atoms with Gasteiger partial charge in [-0.1, -0.05) is 23.2 Å². The summed E-state index contributed by atoms with van der Waals surface area (Å²) >= 11 is 11.7. The van der Waals surface area contributed by atoms with Gasteiger partial charge in [0.1, 0.15) is 0 Å². The number of nitrogens with one attached hydrogen (secondary N) is 1. The third-order valence-corrected chi connectivity index (χ3v) is 3.54. The van der Waals surface area contributed by atoms with Gasteiger partial charge in [0.15, 0.2) is 11.6 Å². The highest BCUT2D eigenvalue weighted by atomic mass is 35.5. The second kappa shape index (κ2) is 5.75. The van der Waals surface area contributed by atoms with E-state index in [2.05, 4.69) is 5.32 Å². The van der Waals surface area contributed by atoms with Crippen LogP contribution in [-0.2, 0) is 0 Å². The molecule has 0 radical (unpaired) electrons. The molecule has 102 valence electrons. The fourth-order valence-electron chi connectivity index (χ4n) is 1.65. The van der Waals surface area contributed by atoms with E-state index in [9.17, 15) is 13.6 Å². The first-order chi connectivity index (χ1) is 8.97. The van der Waals surface area contributed by atoms with E-state index in [4.69, 9.17) is 23.2 Å². The molecular weight excluding hydrogens is 297 g/mol. The van der Waals surface area contributed by atoms with Gasteiger partial charge in [-0.3, -0.25) is 0 Å². The molecule has 0 fully saturated rings. The number of hydrogen-bond acceptors (Lipinski definition) is 1. The molecule has 1 aliphatic heterocycles. The number of halogens is 4. The molecule has 1 N–H and O–H groups in total. The molecule has 1 aromatic rings. The minimum absolute atomic E-state index is 0.181. The Bertz CT molecular complexity index is 549. The molecule has 19 heavy (non-hydrogen) atoms. The van der Waals surface area contributed by atoms with Crippen LogP contribution in [0.4, 0.5) is 19.3 Å². The van der Waals surface area contributed by atoms with Crippen molar-refractivity contribution < 1.29 is 13.6 Å². The van der Waals surface area contributed by atoms with Gasteiger partial charge in [-0.25, -0.2) is 13.6 Å². The van der Waals surface area contributed by atoms with Crippen molar-refractivity contribution in [3.8, 4) is 0 Å². The zero-order valence-electron chi connectivity index (χ0n) is 9.72. The van der Waals surface area contributed by atoms with Crippen LogP contribution in [0.3, 0.4) is 0 Å². The Morgan fingerprint density at radius 2 is 1.95 bits per heavy atom. The summed E-state index contributed by atoms with van der Waals surface area (Å²) in [6, 6.07) is 2.71. The third kappa shape index (κ3) is 3.36. The van der Waals surface area contributed by atoms with Crippen LogP contribution in [0.2, 0.25) is 0 Å². The molecule has 1 aliphatic rings. The van der Waals surface area contributed by atoms with Gasteiger partial charge < -0.3 is 10.2 Å². The highest BCUT2D eigenvalue weighted by Gasteiger charge is 2.21. The topological polar surface area (TPSA) is 32.3 Å². The summed E-state index contributed by atoms with van der Waals surface area (Å²) in [5.41, 5.74) is 0.181. The highest BCUT2D eigenvalue weighted by molar-refractivity contribution is 6.39. The lowest BCUT2D eigenvalue weighted by atomic mass is 10.2. The summed E-state index contributed by atoms with van der Waals surface area (Å²) in [6.45, 7) is 0.625. The first-order valence-electron chi connectivity index (χ1n) is 5.51. The summed E-state index contributed by atoms with van der Waals surface area (Å²) < 4.78 is 25.7. The Kier molecular flexibility index (Phi) is 4.27. The van der Waals surface area contributed by atoms with Crippen molar-refractivity contribution in [1.82, 2.24) is 4.90 Å². The van der Waals surface area contributed by atoms with Crippen LogP contribution in [0.25, 0.3) is 0 Å². The predicted molar refractivity (Wildman–Crippen MR) is 70.3 cm³/mol. The molecule has 0 spiro atoms. The van der Waals surface area contributed by atoms with Crippen LogP contribution in [0.15, 0.2) is 28.3 Å². The van der Waals surface area contributed by atoms with Crippen LogP contribution >= 0.6 is 23.2 Å². The van der Waals surface area contributed by atoms with E-state index in [-0.39, 0.29) is 12.2 Å². The number of anilines is 1. The molecule has 1 aromatic carbocycles. The number of urea groups is 1. The van der Waals surface area contributed by atoms with E-state index in [1.165, 1.54) is 11.0 Å². The van der Waals surface area contributed by atoms with E-state index in [0.717, 1.165) is 12.1 Å². The van der Waals surface area contributed by atoms with Crippen molar-refractivity contribution in [2.45, 2.75) is 6.42 Å². The van der Waals surface area contributed by atoms with Gasteiger partial charge in [0.2, 0.25) is 0 Å². The van der Waals surface area contributed by atoms with Crippen molar-refractivity contribution >= 4 is 34.9 Å². The number of amides is 2. The normalized spacial score (nSPS) is 15.7. The lowest BCUT2D eigenvalue weighted by Gasteiger charge is -2.26. The molecule has 2 amide bonds. The quantitative estimate of drug-likeness (QED) is 0.838. The first-order valence-corrected chi connectivity index (χ1v) is 6.27. The summed E-state index contributed by atoms with van der Waals surface area (Å²) in [6.07, 6.45) is 0.478. The van der Waals surface area contributed by atoms with Crippen LogP contribution in [0.5, 0.6) is 0 Å². The lowest BCUT2D eigenvalue weighted by molar-refractivity contribution is 0.215. The van der Waals surface area contributed by atoms with Gasteiger partial charge in [0.05, 0.1) is 11.6 Å². The average molecular weight is 307 g/mol. The molecule has 0 saturated heterocycles. The maximum Gasteiger partial charge on any atom is 0.322 e. The molecule has 0 atom stereocenters. The molecule has 7 heteroatoms. The van der Waals surface area contributed by atoms with Gasteiger partial charge in [-0.05, 0) is 12.1 Å². The summed E-state index contributed by atoms with van der Waals surface area (Å²) in [4.78, 5) is 13.3. The number of carbonyl (C=O) groups excluding carboxylic acids is 1. The van der Waals surface area contributed by atoms with Crippen molar-refractivity contribution in [3.63, 3.8) is 0 Å². The SMILES string of the molecule is O=C(Nc1ccc(F)c(F)c1)N1CCC(Cl)=C(Cl)C1. The standard InChI is InChI=1S/C12H10Cl2F2N2O/c13-8-3-4-18(6-9(8)14)12(19)17-7-1-2-10(15)11(16)5-7/h1-2,5H,3-4,6H2,(H,17,19). The zero-order chi connectivity index (χ0) is 14.0. The Morgan fingerprint density at radius 3 is 2.58 bits per heavy atom. The van der Waals surface area contributed by atoms with Gasteiger partial charge in [0.25, 0.3) is 0 Å². The monoisotopic (exact) mass is 306 g/mol. The number of benzene rings is 1. The molecule has 0 aromatic heterocycles. The van der Waals surface area contributed by atoms with Crippen molar-refractivity contribution in [1.29, 1.82) is 0 Å². The van der Waals surface area contributed by atoms with Crippen LogP contribution in [0, 0.1) is 11.6 Å². The average Bonchev–Trinajstić information content (AvgIpc) is 2.37. The molecule has 0 aliphatic carbocycles. The minimum Gasteiger partial charge on any atom is -0.319 e. The molecule has 0 unspecified atom stereocenters. The number of hydrogen-bond donors (Lipinski definition) is 1.